The van der Waals surface area contributed by atoms with Gasteiger partial charge in [0.15, 0.2) is 0 Å². The highest BCUT2D eigenvalue weighted by Gasteiger charge is 2.41. The van der Waals surface area contributed by atoms with Crippen molar-refractivity contribution < 1.29 is 0 Å². The van der Waals surface area contributed by atoms with Crippen LogP contribution in [-0.4, -0.2) is 0 Å². The summed E-state index contributed by atoms with van der Waals surface area (Å²) in [5, 5.41) is 0. The van der Waals surface area contributed by atoms with Crippen molar-refractivity contribution in [1.29, 1.82) is 0 Å². The van der Waals surface area contributed by atoms with E-state index in [1.165, 1.54) is 94.6 Å². The molecule has 0 radical (unpaired) electrons. The van der Waals surface area contributed by atoms with Gasteiger partial charge in [-0.25, -0.2) is 0 Å². The quantitative estimate of drug-likeness (QED) is 0.162. The van der Waals surface area contributed by atoms with Gasteiger partial charge < -0.3 is 4.90 Å². The fourth-order valence-electron chi connectivity index (χ4n) is 11.7. The molecule has 3 aliphatic carbocycles. The predicted molar refractivity (Wildman–Crippen MR) is 265 cm³/mol. The van der Waals surface area contributed by atoms with E-state index >= 15 is 0 Å². The van der Waals surface area contributed by atoms with Crippen LogP contribution < -0.4 is 4.90 Å². The minimum Gasteiger partial charge on any atom is -0.310 e. The van der Waals surface area contributed by atoms with Crippen LogP contribution in [-0.2, 0) is 16.2 Å². The van der Waals surface area contributed by atoms with Gasteiger partial charge in [-0.15, -0.1) is 0 Å². The van der Waals surface area contributed by atoms with E-state index in [0.717, 1.165) is 17.1 Å². The van der Waals surface area contributed by atoms with Crippen molar-refractivity contribution in [3.63, 3.8) is 0 Å². The molecule has 9 aromatic carbocycles. The topological polar surface area (TPSA) is 3.24 Å². The number of para-hydroxylation sites is 1. The molecule has 0 bridgehead atoms. The molecule has 1 heteroatoms. The number of benzene rings is 9. The molecule has 0 fully saturated rings. The summed E-state index contributed by atoms with van der Waals surface area (Å²) < 4.78 is 0. The van der Waals surface area contributed by atoms with Crippen molar-refractivity contribution in [3.8, 4) is 55.6 Å². The fourth-order valence-corrected chi connectivity index (χ4v) is 11.7. The van der Waals surface area contributed by atoms with Gasteiger partial charge in [-0.1, -0.05) is 198 Å². The van der Waals surface area contributed by atoms with E-state index in [0.29, 0.717) is 0 Å². The minimum atomic E-state index is -0.252. The van der Waals surface area contributed by atoms with Crippen LogP contribution in [0.5, 0.6) is 0 Å². The summed E-state index contributed by atoms with van der Waals surface area (Å²) in [6, 6.07) is 77.3. The third kappa shape index (κ3) is 5.36. The zero-order valence-electron chi connectivity index (χ0n) is 36.6. The minimum absolute atomic E-state index is 0.0759. The zero-order chi connectivity index (χ0) is 42.7. The second kappa shape index (κ2) is 13.6. The normalized spacial score (nSPS) is 16.7. The van der Waals surface area contributed by atoms with Gasteiger partial charge in [-0.2, -0.15) is 0 Å². The summed E-state index contributed by atoms with van der Waals surface area (Å²) in [7, 11) is 0. The Kier molecular flexibility index (Phi) is 8.13. The van der Waals surface area contributed by atoms with E-state index in [-0.39, 0.29) is 16.2 Å². The Labute approximate surface area is 372 Å². The van der Waals surface area contributed by atoms with Crippen LogP contribution in [0.1, 0.15) is 73.6 Å². The Bertz CT molecular complexity index is 3290. The standard InChI is InChI=1S/C62H49N/c1-60(2)52-25-13-9-21-46(52)51-39-44(35-37-54(51)60)63(58-29-16-12-22-48(58)49-24-17-28-56-59(49)50-23-11-14-26-53(50)61(56,3)4)43-33-30-40(31-34-43)41-32-36-47-45-20-10-15-27-55(45)62(5,57(47)38-41)42-18-7-6-8-19-42/h6-39H,1-5H3. The molecule has 0 aliphatic heterocycles. The van der Waals surface area contributed by atoms with Gasteiger partial charge in [0.05, 0.1) is 5.69 Å². The number of hydrogen-bond acceptors (Lipinski definition) is 1. The van der Waals surface area contributed by atoms with E-state index in [2.05, 4.69) is 246 Å². The Balaban J connectivity index is 1.02. The molecule has 0 spiro atoms. The molecule has 302 valence electrons. The third-order valence-electron chi connectivity index (χ3n) is 15.0. The van der Waals surface area contributed by atoms with Crippen LogP contribution in [0.4, 0.5) is 17.1 Å². The largest absolute Gasteiger partial charge is 0.310 e. The van der Waals surface area contributed by atoms with Gasteiger partial charge >= 0.3 is 0 Å². The average Bonchev–Trinajstić information content (AvgIpc) is 3.83. The number of hydrogen-bond donors (Lipinski definition) is 0. The number of nitrogens with zero attached hydrogens (tertiary/aromatic N) is 1. The van der Waals surface area contributed by atoms with Gasteiger partial charge in [0, 0.05) is 33.2 Å². The van der Waals surface area contributed by atoms with Crippen molar-refractivity contribution in [1.82, 2.24) is 0 Å². The zero-order valence-corrected chi connectivity index (χ0v) is 36.6. The van der Waals surface area contributed by atoms with E-state index < -0.39 is 0 Å². The highest BCUT2D eigenvalue weighted by Crippen LogP contribution is 2.56. The molecule has 3 aliphatic rings. The maximum atomic E-state index is 2.49. The predicted octanol–water partition coefficient (Wildman–Crippen LogP) is 16.4. The first-order valence-electron chi connectivity index (χ1n) is 22.4. The molecule has 1 atom stereocenters. The number of anilines is 3. The lowest BCUT2D eigenvalue weighted by atomic mass is 9.74. The van der Waals surface area contributed by atoms with Crippen molar-refractivity contribution in [2.24, 2.45) is 0 Å². The van der Waals surface area contributed by atoms with Crippen LogP contribution in [0.15, 0.2) is 206 Å². The van der Waals surface area contributed by atoms with Crippen LogP contribution in [0.2, 0.25) is 0 Å². The molecule has 1 unspecified atom stereocenters. The third-order valence-corrected chi connectivity index (χ3v) is 15.0. The maximum absolute atomic E-state index is 2.49. The molecule has 0 heterocycles. The van der Waals surface area contributed by atoms with Gasteiger partial charge in [-0.3, -0.25) is 0 Å². The average molecular weight is 808 g/mol. The molecule has 0 aromatic heterocycles. The monoisotopic (exact) mass is 807 g/mol. The summed E-state index contributed by atoms with van der Waals surface area (Å²) >= 11 is 0. The molecule has 12 rings (SSSR count). The summed E-state index contributed by atoms with van der Waals surface area (Å²) in [4.78, 5) is 2.49. The van der Waals surface area contributed by atoms with E-state index in [9.17, 15) is 0 Å². The summed E-state index contributed by atoms with van der Waals surface area (Å²) in [5.74, 6) is 0. The first-order chi connectivity index (χ1) is 30.7. The van der Waals surface area contributed by atoms with Crippen molar-refractivity contribution in [2.45, 2.75) is 50.9 Å². The summed E-state index contributed by atoms with van der Waals surface area (Å²) in [5.41, 5.74) is 25.4. The molecule has 63 heavy (non-hydrogen) atoms. The lowest BCUT2D eigenvalue weighted by Crippen LogP contribution is -2.22. The first-order valence-corrected chi connectivity index (χ1v) is 22.4. The van der Waals surface area contributed by atoms with Crippen LogP contribution >= 0.6 is 0 Å². The molecule has 1 nitrogen and oxygen atoms in total. The second-order valence-corrected chi connectivity index (χ2v) is 19.0. The van der Waals surface area contributed by atoms with Crippen LogP contribution in [0.25, 0.3) is 55.6 Å². The lowest BCUT2D eigenvalue weighted by molar-refractivity contribution is 0.660. The Morgan fingerprint density at radius 3 is 1.56 bits per heavy atom. The van der Waals surface area contributed by atoms with Gasteiger partial charge in [0.2, 0.25) is 0 Å². The molecule has 0 N–H and O–H groups in total. The highest BCUT2D eigenvalue weighted by molar-refractivity contribution is 5.99. The Hall–Kier alpha value is -7.22. The summed E-state index contributed by atoms with van der Waals surface area (Å²) in [6.07, 6.45) is 0. The highest BCUT2D eigenvalue weighted by atomic mass is 15.1. The molecule has 9 aromatic rings. The Morgan fingerprint density at radius 2 is 0.810 bits per heavy atom. The smallest absolute Gasteiger partial charge is 0.0540 e. The van der Waals surface area contributed by atoms with Crippen molar-refractivity contribution >= 4 is 17.1 Å². The van der Waals surface area contributed by atoms with Crippen LogP contribution in [0.3, 0.4) is 0 Å². The van der Waals surface area contributed by atoms with Crippen LogP contribution in [0, 0.1) is 0 Å². The second-order valence-electron chi connectivity index (χ2n) is 19.0. The van der Waals surface area contributed by atoms with Gasteiger partial charge in [0.25, 0.3) is 0 Å². The molecule has 0 saturated heterocycles. The maximum Gasteiger partial charge on any atom is 0.0540 e. The number of fused-ring (bicyclic) bond motifs is 9. The Morgan fingerprint density at radius 1 is 0.302 bits per heavy atom. The molecular weight excluding hydrogens is 759 g/mol. The lowest BCUT2D eigenvalue weighted by Gasteiger charge is -2.30. The van der Waals surface area contributed by atoms with Crippen molar-refractivity contribution in [2.75, 3.05) is 4.90 Å². The summed E-state index contributed by atoms with van der Waals surface area (Å²) in [6.45, 7) is 11.9. The van der Waals surface area contributed by atoms with E-state index in [1.807, 2.05) is 0 Å². The van der Waals surface area contributed by atoms with Gasteiger partial charge in [-0.05, 0) is 132 Å². The number of rotatable bonds is 6. The first kappa shape index (κ1) is 37.5. The van der Waals surface area contributed by atoms with E-state index in [4.69, 9.17) is 0 Å². The van der Waals surface area contributed by atoms with Gasteiger partial charge in [0.1, 0.15) is 0 Å². The molecule has 0 saturated carbocycles. The molecular formula is C62H49N. The fraction of sp³-hybridized carbons (Fsp3) is 0.129. The SMILES string of the molecule is CC1(C)c2ccccc2-c2cc(N(c3ccc(-c4ccc5c(c4)C(C)(c4ccccc4)c4ccccc4-5)cc3)c3ccccc3-c3cccc4c3-c3ccccc3C4(C)C)ccc21. The van der Waals surface area contributed by atoms with E-state index in [1.54, 1.807) is 0 Å². The van der Waals surface area contributed by atoms with Crippen molar-refractivity contribution in [3.05, 3.63) is 245 Å². The molecule has 0 amide bonds.